The number of benzene rings is 1. The van der Waals surface area contributed by atoms with Crippen LogP contribution < -0.4 is 16.4 Å². The molecule has 7 nitrogen and oxygen atoms in total. The summed E-state index contributed by atoms with van der Waals surface area (Å²) in [7, 11) is 0. The summed E-state index contributed by atoms with van der Waals surface area (Å²) in [6.45, 7) is 2.13. The van der Waals surface area contributed by atoms with Crippen LogP contribution in [0.4, 0.5) is 16.2 Å². The van der Waals surface area contributed by atoms with Crippen LogP contribution in [0.3, 0.4) is 0 Å². The van der Waals surface area contributed by atoms with Crippen LogP contribution in [0.15, 0.2) is 46.6 Å². The molecule has 126 valence electrons. The van der Waals surface area contributed by atoms with Crippen molar-refractivity contribution < 1.29 is 14.7 Å². The largest absolute Gasteiger partial charge is 0.395 e. The molecule has 1 aromatic carbocycles. The van der Waals surface area contributed by atoms with Crippen LogP contribution in [-0.4, -0.2) is 35.8 Å². The van der Waals surface area contributed by atoms with Crippen LogP contribution in [0.2, 0.25) is 5.02 Å². The first kappa shape index (κ1) is 17.7. The van der Waals surface area contributed by atoms with E-state index in [1.54, 1.807) is 25.1 Å². The Balaban J connectivity index is 2.30. The van der Waals surface area contributed by atoms with Crippen molar-refractivity contribution in [2.75, 3.05) is 18.5 Å². The van der Waals surface area contributed by atoms with Crippen molar-refractivity contribution in [3.63, 3.8) is 0 Å². The third-order valence-electron chi connectivity index (χ3n) is 3.19. The maximum atomic E-state index is 11.8. The summed E-state index contributed by atoms with van der Waals surface area (Å²) in [5.41, 5.74) is 7.57. The van der Waals surface area contributed by atoms with E-state index >= 15 is 0 Å². The molecule has 1 aliphatic rings. The highest BCUT2D eigenvalue weighted by molar-refractivity contribution is 6.33. The number of carbonyl (C=O) groups excluding carboxylic acids is 2. The molecule has 2 rings (SSSR count). The molecular formula is C16H17ClN4O3. The standard InChI is InChI=1S/C16H17ClN4O3/c1-9-6-15(23)14(21-16(18)24)8-13(9)20-10-2-3-12(11(17)7-10)19-4-5-22/h2-3,6-8,19,22H,4-5H2,1H3,(H3,18,21,24). The van der Waals surface area contributed by atoms with Gasteiger partial charge in [0.05, 0.1) is 34.4 Å². The van der Waals surface area contributed by atoms with Crippen molar-refractivity contribution in [1.82, 2.24) is 5.32 Å². The maximum Gasteiger partial charge on any atom is 0.316 e. The van der Waals surface area contributed by atoms with Crippen LogP contribution in [-0.2, 0) is 4.79 Å². The number of ketones is 1. The lowest BCUT2D eigenvalue weighted by molar-refractivity contribution is -0.111. The molecule has 0 saturated carbocycles. The number of rotatable bonds is 5. The Hall–Kier alpha value is -2.64. The van der Waals surface area contributed by atoms with Gasteiger partial charge in [-0.1, -0.05) is 11.6 Å². The number of aliphatic hydroxyl groups is 1. The second kappa shape index (κ2) is 7.76. The molecule has 0 bridgehead atoms. The highest BCUT2D eigenvalue weighted by atomic mass is 35.5. The highest BCUT2D eigenvalue weighted by Crippen LogP contribution is 2.28. The van der Waals surface area contributed by atoms with Crippen molar-refractivity contribution in [3.8, 4) is 0 Å². The zero-order valence-electron chi connectivity index (χ0n) is 13.0. The Bertz CT molecular complexity index is 769. The lowest BCUT2D eigenvalue weighted by atomic mass is 10.0. The molecule has 8 heteroatoms. The number of halogens is 1. The van der Waals surface area contributed by atoms with Gasteiger partial charge >= 0.3 is 6.03 Å². The molecular weight excluding hydrogens is 332 g/mol. The van der Waals surface area contributed by atoms with Crippen molar-refractivity contribution >= 4 is 40.5 Å². The number of nitrogens with two attached hydrogens (primary N) is 1. The minimum absolute atomic E-state index is 0.00116. The summed E-state index contributed by atoms with van der Waals surface area (Å²) in [6.07, 6.45) is 2.84. The predicted molar refractivity (Wildman–Crippen MR) is 93.7 cm³/mol. The highest BCUT2D eigenvalue weighted by Gasteiger charge is 2.17. The summed E-state index contributed by atoms with van der Waals surface area (Å²) in [5.74, 6) is -0.341. The second-order valence-electron chi connectivity index (χ2n) is 5.05. The number of nitrogens with one attached hydrogen (secondary N) is 2. The van der Waals surface area contributed by atoms with Crippen LogP contribution >= 0.6 is 11.6 Å². The number of hydrogen-bond donors (Lipinski definition) is 4. The summed E-state index contributed by atoms with van der Waals surface area (Å²) in [4.78, 5) is 27.2. The second-order valence-corrected chi connectivity index (χ2v) is 5.46. The number of aliphatic hydroxyl groups excluding tert-OH is 1. The number of hydrogen-bond acceptors (Lipinski definition) is 5. The zero-order chi connectivity index (χ0) is 17.7. The van der Waals surface area contributed by atoms with Gasteiger partial charge in [-0.25, -0.2) is 9.79 Å². The molecule has 0 atom stereocenters. The van der Waals surface area contributed by atoms with Crippen molar-refractivity contribution in [1.29, 1.82) is 0 Å². The topological polar surface area (TPSA) is 117 Å². The minimum atomic E-state index is -0.816. The Kier molecular flexibility index (Phi) is 5.73. The lowest BCUT2D eigenvalue weighted by Gasteiger charge is -2.13. The van der Waals surface area contributed by atoms with E-state index in [9.17, 15) is 9.59 Å². The predicted octanol–water partition coefficient (Wildman–Crippen LogP) is 1.90. The van der Waals surface area contributed by atoms with Gasteiger partial charge in [0, 0.05) is 6.54 Å². The molecule has 0 saturated heterocycles. The fourth-order valence-electron chi connectivity index (χ4n) is 2.07. The molecule has 0 spiro atoms. The van der Waals surface area contributed by atoms with Crippen LogP contribution in [0.25, 0.3) is 0 Å². The van der Waals surface area contributed by atoms with E-state index < -0.39 is 6.03 Å². The molecule has 0 aromatic heterocycles. The van der Waals surface area contributed by atoms with Gasteiger partial charge in [-0.2, -0.15) is 0 Å². The molecule has 5 N–H and O–H groups in total. The van der Waals surface area contributed by atoms with Crippen molar-refractivity contribution in [2.45, 2.75) is 6.92 Å². The monoisotopic (exact) mass is 348 g/mol. The third-order valence-corrected chi connectivity index (χ3v) is 3.50. The Morgan fingerprint density at radius 3 is 2.75 bits per heavy atom. The van der Waals surface area contributed by atoms with Gasteiger partial charge in [0.2, 0.25) is 5.78 Å². The molecule has 1 aliphatic carbocycles. The van der Waals surface area contributed by atoms with Gasteiger partial charge in [0.1, 0.15) is 0 Å². The maximum absolute atomic E-state index is 11.8. The van der Waals surface area contributed by atoms with Crippen molar-refractivity contribution in [2.24, 2.45) is 10.7 Å². The van der Waals surface area contributed by atoms with Gasteiger partial charge in [-0.15, -0.1) is 0 Å². The number of urea groups is 1. The van der Waals surface area contributed by atoms with Gasteiger partial charge in [0.25, 0.3) is 0 Å². The molecule has 0 radical (unpaired) electrons. The number of allylic oxidation sites excluding steroid dienone is 3. The van der Waals surface area contributed by atoms with Crippen LogP contribution in [0.1, 0.15) is 6.92 Å². The number of primary amides is 1. The lowest BCUT2D eigenvalue weighted by Crippen LogP contribution is -2.33. The quantitative estimate of drug-likeness (QED) is 0.608. The summed E-state index contributed by atoms with van der Waals surface area (Å²) in [5, 5.41) is 14.5. The molecule has 0 unspecified atom stereocenters. The minimum Gasteiger partial charge on any atom is -0.395 e. The first-order valence-corrected chi connectivity index (χ1v) is 7.52. The summed E-state index contributed by atoms with van der Waals surface area (Å²) < 4.78 is 0. The molecule has 0 heterocycles. The number of anilines is 1. The average molecular weight is 349 g/mol. The van der Waals surface area contributed by atoms with Crippen LogP contribution in [0, 0.1) is 0 Å². The normalized spacial score (nSPS) is 15.8. The first-order chi connectivity index (χ1) is 11.4. The molecule has 1 aromatic rings. The number of nitrogens with zero attached hydrogens (tertiary/aromatic N) is 1. The van der Waals surface area contributed by atoms with E-state index in [0.29, 0.717) is 34.2 Å². The van der Waals surface area contributed by atoms with E-state index in [4.69, 9.17) is 22.4 Å². The number of aliphatic imine (C=N–C) groups is 1. The van der Waals surface area contributed by atoms with Gasteiger partial charge in [-0.05, 0) is 42.8 Å². The Morgan fingerprint density at radius 2 is 2.12 bits per heavy atom. The summed E-state index contributed by atoms with van der Waals surface area (Å²) >= 11 is 6.17. The van der Waals surface area contributed by atoms with E-state index in [2.05, 4.69) is 15.6 Å². The molecule has 0 fully saturated rings. The number of amides is 2. The van der Waals surface area contributed by atoms with Crippen LogP contribution in [0.5, 0.6) is 0 Å². The van der Waals surface area contributed by atoms with Gasteiger partial charge < -0.3 is 21.5 Å². The fraction of sp³-hybridized carbons (Fsp3) is 0.188. The molecule has 24 heavy (non-hydrogen) atoms. The SMILES string of the molecule is CC1=CC(=O)C(NC(N)=O)=CC1=Nc1ccc(NCCO)c(Cl)c1. The average Bonchev–Trinajstić information content (AvgIpc) is 2.51. The van der Waals surface area contributed by atoms with Crippen molar-refractivity contribution in [3.05, 3.63) is 46.6 Å². The number of carbonyl (C=O) groups is 2. The van der Waals surface area contributed by atoms with E-state index in [1.807, 2.05) is 0 Å². The summed E-state index contributed by atoms with van der Waals surface area (Å²) in [6, 6.07) is 4.34. The Labute approximate surface area is 143 Å². The molecule has 0 aliphatic heterocycles. The van der Waals surface area contributed by atoms with E-state index in [-0.39, 0.29) is 18.1 Å². The van der Waals surface area contributed by atoms with Gasteiger partial charge in [0.15, 0.2) is 0 Å². The Morgan fingerprint density at radius 1 is 1.38 bits per heavy atom. The fourth-order valence-corrected chi connectivity index (χ4v) is 2.31. The van der Waals surface area contributed by atoms with Gasteiger partial charge in [-0.3, -0.25) is 4.79 Å². The molecule has 2 amide bonds. The van der Waals surface area contributed by atoms with E-state index in [0.717, 1.165) is 0 Å². The smallest absolute Gasteiger partial charge is 0.316 e. The van der Waals surface area contributed by atoms with E-state index in [1.165, 1.54) is 12.2 Å². The first-order valence-electron chi connectivity index (χ1n) is 7.15. The third kappa shape index (κ3) is 4.43. The zero-order valence-corrected chi connectivity index (χ0v) is 13.7.